The van der Waals surface area contributed by atoms with Crippen LogP contribution in [0.15, 0.2) is 10.8 Å². The molecule has 1 heterocycles. The number of hydrogen-bond acceptors (Lipinski definition) is 4. The maximum absolute atomic E-state index is 5.37. The maximum Gasteiger partial charge on any atom is 0.181 e. The summed E-state index contributed by atoms with van der Waals surface area (Å²) in [6.45, 7) is 2.70. The van der Waals surface area contributed by atoms with Gasteiger partial charge in [0.05, 0.1) is 5.69 Å². The smallest absolute Gasteiger partial charge is 0.181 e. The molecule has 1 rings (SSSR count). The van der Waals surface area contributed by atoms with Crippen molar-refractivity contribution in [2.75, 3.05) is 12.3 Å². The molecule has 1 aromatic heterocycles. The van der Waals surface area contributed by atoms with Crippen molar-refractivity contribution in [3.8, 4) is 0 Å². The van der Waals surface area contributed by atoms with Gasteiger partial charge in [-0.15, -0.1) is 0 Å². The average molecular weight is 186 g/mol. The van der Waals surface area contributed by atoms with Crippen LogP contribution >= 0.6 is 11.8 Å². The van der Waals surface area contributed by atoms with Crippen LogP contribution in [0.1, 0.15) is 17.9 Å². The summed E-state index contributed by atoms with van der Waals surface area (Å²) >= 11 is 1.85. The Labute approximate surface area is 76.7 Å². The molecule has 0 aliphatic rings. The summed E-state index contributed by atoms with van der Waals surface area (Å²) in [6, 6.07) is 0. The van der Waals surface area contributed by atoms with Gasteiger partial charge < -0.3 is 10.2 Å². The first-order chi connectivity index (χ1) is 5.84. The van der Waals surface area contributed by atoms with Gasteiger partial charge in [0, 0.05) is 5.75 Å². The van der Waals surface area contributed by atoms with Crippen molar-refractivity contribution in [3.63, 3.8) is 0 Å². The molecule has 12 heavy (non-hydrogen) atoms. The van der Waals surface area contributed by atoms with E-state index in [0.29, 0.717) is 0 Å². The first-order valence-electron chi connectivity index (χ1n) is 4.01. The van der Waals surface area contributed by atoms with E-state index in [9.17, 15) is 0 Å². The van der Waals surface area contributed by atoms with Crippen molar-refractivity contribution < 1.29 is 4.42 Å². The topological polar surface area (TPSA) is 52.0 Å². The van der Waals surface area contributed by atoms with Crippen molar-refractivity contribution >= 4 is 11.8 Å². The molecule has 1 aromatic rings. The monoisotopic (exact) mass is 186 g/mol. The van der Waals surface area contributed by atoms with Gasteiger partial charge in [-0.25, -0.2) is 4.98 Å². The summed E-state index contributed by atoms with van der Waals surface area (Å²) in [5, 5.41) is 0. The average Bonchev–Trinajstić information content (AvgIpc) is 2.46. The molecular weight excluding hydrogens is 172 g/mol. The van der Waals surface area contributed by atoms with Crippen molar-refractivity contribution in [1.82, 2.24) is 4.98 Å². The van der Waals surface area contributed by atoms with E-state index in [2.05, 4.69) is 4.98 Å². The third-order valence-electron chi connectivity index (χ3n) is 1.58. The van der Waals surface area contributed by atoms with E-state index in [0.717, 1.165) is 35.9 Å². The summed E-state index contributed by atoms with van der Waals surface area (Å²) < 4.78 is 5.07. The van der Waals surface area contributed by atoms with E-state index in [1.807, 2.05) is 18.7 Å². The molecule has 0 spiro atoms. The lowest BCUT2D eigenvalue weighted by molar-refractivity contribution is 0.525. The zero-order chi connectivity index (χ0) is 8.81. The second-order valence-corrected chi connectivity index (χ2v) is 3.66. The minimum Gasteiger partial charge on any atom is -0.448 e. The molecule has 4 heteroatoms. The highest BCUT2D eigenvalue weighted by molar-refractivity contribution is 7.98. The Morgan fingerprint density at radius 3 is 3.08 bits per heavy atom. The predicted octanol–water partition coefficient (Wildman–Crippen LogP) is 1.57. The zero-order valence-corrected chi connectivity index (χ0v) is 8.06. The molecular formula is C8H14N2OS. The van der Waals surface area contributed by atoms with Crippen LogP contribution in [0, 0.1) is 6.92 Å². The van der Waals surface area contributed by atoms with Crippen molar-refractivity contribution in [2.24, 2.45) is 5.73 Å². The molecule has 0 atom stereocenters. The molecule has 0 aliphatic heterocycles. The summed E-state index contributed by atoms with van der Waals surface area (Å²) in [4.78, 5) is 4.09. The lowest BCUT2D eigenvalue weighted by Gasteiger charge is -1.97. The van der Waals surface area contributed by atoms with Crippen molar-refractivity contribution in [1.29, 1.82) is 0 Å². The van der Waals surface area contributed by atoms with Gasteiger partial charge in [-0.05, 0) is 25.6 Å². The van der Waals surface area contributed by atoms with E-state index < -0.39 is 0 Å². The lowest BCUT2D eigenvalue weighted by atomic mass is 10.4. The first kappa shape index (κ1) is 9.61. The standard InChI is InChI=1S/C8H14N2OS/c1-7-8(10-6-11-7)5-12-4-2-3-9/h6H,2-5,9H2,1H3. The minimum atomic E-state index is 0.769. The van der Waals surface area contributed by atoms with Crippen molar-refractivity contribution in [3.05, 3.63) is 17.8 Å². The van der Waals surface area contributed by atoms with E-state index in [1.54, 1.807) is 0 Å². The molecule has 0 aromatic carbocycles. The van der Waals surface area contributed by atoms with Crippen LogP contribution in [0.25, 0.3) is 0 Å². The molecule has 68 valence electrons. The van der Waals surface area contributed by atoms with Crippen LogP contribution in [0.2, 0.25) is 0 Å². The number of nitrogens with zero attached hydrogens (tertiary/aromatic N) is 1. The molecule has 0 unspecified atom stereocenters. The highest BCUT2D eigenvalue weighted by Gasteiger charge is 2.01. The third kappa shape index (κ3) is 2.87. The van der Waals surface area contributed by atoms with Crippen LogP contribution in [-0.4, -0.2) is 17.3 Å². The Morgan fingerprint density at radius 2 is 2.50 bits per heavy atom. The number of aryl methyl sites for hydroxylation is 1. The van der Waals surface area contributed by atoms with Gasteiger partial charge in [-0.2, -0.15) is 11.8 Å². The Morgan fingerprint density at radius 1 is 1.67 bits per heavy atom. The maximum atomic E-state index is 5.37. The van der Waals surface area contributed by atoms with Gasteiger partial charge in [0.25, 0.3) is 0 Å². The fraction of sp³-hybridized carbons (Fsp3) is 0.625. The summed E-state index contributed by atoms with van der Waals surface area (Å²) in [5.41, 5.74) is 6.42. The van der Waals surface area contributed by atoms with E-state index in [1.165, 1.54) is 6.39 Å². The number of rotatable bonds is 5. The number of thioether (sulfide) groups is 1. The Kier molecular flexibility index (Phi) is 4.18. The van der Waals surface area contributed by atoms with Gasteiger partial charge in [0.2, 0.25) is 0 Å². The summed E-state index contributed by atoms with van der Waals surface area (Å²) in [6.07, 6.45) is 2.57. The molecule has 0 aliphatic carbocycles. The number of nitrogens with two attached hydrogens (primary N) is 1. The molecule has 0 radical (unpaired) electrons. The van der Waals surface area contributed by atoms with Crippen LogP contribution in [0.3, 0.4) is 0 Å². The second kappa shape index (κ2) is 5.22. The molecule has 2 N–H and O–H groups in total. The fourth-order valence-electron chi connectivity index (χ4n) is 0.821. The normalized spacial score (nSPS) is 10.5. The number of hydrogen-bond donors (Lipinski definition) is 1. The quantitative estimate of drug-likeness (QED) is 0.709. The SMILES string of the molecule is Cc1ocnc1CSCCCN. The van der Waals surface area contributed by atoms with Crippen LogP contribution in [0.5, 0.6) is 0 Å². The van der Waals surface area contributed by atoms with Gasteiger partial charge >= 0.3 is 0 Å². The van der Waals surface area contributed by atoms with Gasteiger partial charge in [0.15, 0.2) is 6.39 Å². The Balaban J connectivity index is 2.20. The van der Waals surface area contributed by atoms with Crippen LogP contribution in [-0.2, 0) is 5.75 Å². The summed E-state index contributed by atoms with van der Waals surface area (Å²) in [7, 11) is 0. The highest BCUT2D eigenvalue weighted by atomic mass is 32.2. The van der Waals surface area contributed by atoms with E-state index in [-0.39, 0.29) is 0 Å². The minimum absolute atomic E-state index is 0.769. The van der Waals surface area contributed by atoms with E-state index in [4.69, 9.17) is 10.2 Å². The van der Waals surface area contributed by atoms with Crippen LogP contribution < -0.4 is 5.73 Å². The van der Waals surface area contributed by atoms with Gasteiger partial charge in [0.1, 0.15) is 5.76 Å². The number of aromatic nitrogens is 1. The largest absolute Gasteiger partial charge is 0.448 e. The molecule has 0 saturated heterocycles. The molecule has 3 nitrogen and oxygen atoms in total. The van der Waals surface area contributed by atoms with Crippen molar-refractivity contribution in [2.45, 2.75) is 19.1 Å². The second-order valence-electron chi connectivity index (χ2n) is 2.55. The zero-order valence-electron chi connectivity index (χ0n) is 7.25. The number of oxazole rings is 1. The highest BCUT2D eigenvalue weighted by Crippen LogP contribution is 2.14. The molecule has 0 fully saturated rings. The lowest BCUT2D eigenvalue weighted by Crippen LogP contribution is -1.99. The van der Waals surface area contributed by atoms with E-state index >= 15 is 0 Å². The molecule has 0 amide bonds. The predicted molar refractivity (Wildman–Crippen MR) is 51.1 cm³/mol. The Hall–Kier alpha value is -0.480. The third-order valence-corrected chi connectivity index (χ3v) is 2.63. The summed E-state index contributed by atoms with van der Waals surface area (Å²) in [5.74, 6) is 2.96. The molecule has 0 saturated carbocycles. The van der Waals surface area contributed by atoms with Gasteiger partial charge in [-0.3, -0.25) is 0 Å². The molecule has 0 bridgehead atoms. The fourth-order valence-corrected chi connectivity index (χ4v) is 1.81. The van der Waals surface area contributed by atoms with Gasteiger partial charge in [-0.1, -0.05) is 0 Å². The Bertz CT molecular complexity index is 225. The first-order valence-corrected chi connectivity index (χ1v) is 5.17. The van der Waals surface area contributed by atoms with Crippen LogP contribution in [0.4, 0.5) is 0 Å².